The molecule has 0 bridgehead atoms. The van der Waals surface area contributed by atoms with Gasteiger partial charge in [-0.2, -0.15) is 0 Å². The molecule has 2 rings (SSSR count). The van der Waals surface area contributed by atoms with E-state index in [0.29, 0.717) is 17.6 Å². The monoisotopic (exact) mass is 216 g/mol. The molecule has 0 aromatic heterocycles. The number of rotatable bonds is 1. The van der Waals surface area contributed by atoms with Gasteiger partial charge in [-0.15, -0.1) is 0 Å². The average molecular weight is 216 g/mol. The maximum absolute atomic E-state index is 11.8. The summed E-state index contributed by atoms with van der Waals surface area (Å²) in [5.74, 6) is 1.44. The molecule has 0 spiro atoms. The van der Waals surface area contributed by atoms with Crippen molar-refractivity contribution in [1.82, 2.24) is 0 Å². The van der Waals surface area contributed by atoms with Crippen molar-refractivity contribution in [1.29, 1.82) is 0 Å². The van der Waals surface area contributed by atoms with Crippen LogP contribution in [0.3, 0.4) is 0 Å². The Balaban J connectivity index is 2.45. The predicted octanol–water partition coefficient (Wildman–Crippen LogP) is 3.82. The van der Waals surface area contributed by atoms with Crippen LogP contribution < -0.4 is 0 Å². The first kappa shape index (κ1) is 11.4. The SMILES string of the molecule is C=C(C)C1=CC2=C(C)C(=O)C[C@H](C)C2CC1. The molecule has 0 heterocycles. The molecule has 0 aromatic carbocycles. The van der Waals surface area contributed by atoms with Crippen LogP contribution in [0.25, 0.3) is 0 Å². The molecule has 2 aliphatic rings. The van der Waals surface area contributed by atoms with Gasteiger partial charge in [-0.05, 0) is 55.2 Å². The third-order valence-electron chi connectivity index (χ3n) is 4.05. The van der Waals surface area contributed by atoms with E-state index in [4.69, 9.17) is 0 Å². The van der Waals surface area contributed by atoms with Crippen molar-refractivity contribution in [3.05, 3.63) is 34.9 Å². The van der Waals surface area contributed by atoms with Crippen LogP contribution in [0.4, 0.5) is 0 Å². The summed E-state index contributed by atoms with van der Waals surface area (Å²) in [5.41, 5.74) is 4.74. The lowest BCUT2D eigenvalue weighted by atomic mass is 9.69. The summed E-state index contributed by atoms with van der Waals surface area (Å²) in [7, 11) is 0. The van der Waals surface area contributed by atoms with Crippen LogP contribution >= 0.6 is 0 Å². The van der Waals surface area contributed by atoms with Gasteiger partial charge in [0.15, 0.2) is 5.78 Å². The molecule has 0 radical (unpaired) electrons. The van der Waals surface area contributed by atoms with Crippen LogP contribution in [0, 0.1) is 11.8 Å². The fourth-order valence-electron chi connectivity index (χ4n) is 2.90. The van der Waals surface area contributed by atoms with Crippen LogP contribution in [-0.4, -0.2) is 5.78 Å². The highest BCUT2D eigenvalue weighted by Crippen LogP contribution is 2.41. The Morgan fingerprint density at radius 3 is 2.81 bits per heavy atom. The van der Waals surface area contributed by atoms with Gasteiger partial charge in [0, 0.05) is 6.42 Å². The number of ketones is 1. The van der Waals surface area contributed by atoms with Gasteiger partial charge < -0.3 is 0 Å². The molecular formula is C15H20O. The highest BCUT2D eigenvalue weighted by atomic mass is 16.1. The van der Waals surface area contributed by atoms with Crippen LogP contribution in [0.2, 0.25) is 0 Å². The summed E-state index contributed by atoms with van der Waals surface area (Å²) in [6.07, 6.45) is 5.25. The van der Waals surface area contributed by atoms with Gasteiger partial charge in [0.2, 0.25) is 0 Å². The Labute approximate surface area is 97.9 Å². The van der Waals surface area contributed by atoms with E-state index in [9.17, 15) is 4.79 Å². The Bertz CT molecular complexity index is 409. The maximum atomic E-state index is 11.8. The molecule has 0 fully saturated rings. The van der Waals surface area contributed by atoms with Crippen molar-refractivity contribution < 1.29 is 4.79 Å². The number of allylic oxidation sites excluding steroid dienone is 5. The molecule has 0 saturated heterocycles. The minimum atomic E-state index is 0.331. The predicted molar refractivity (Wildman–Crippen MR) is 67.1 cm³/mol. The molecule has 0 aliphatic heterocycles. The zero-order chi connectivity index (χ0) is 11.9. The lowest BCUT2D eigenvalue weighted by Gasteiger charge is -2.34. The second-order valence-electron chi connectivity index (χ2n) is 5.28. The minimum Gasteiger partial charge on any atom is -0.295 e. The molecule has 1 unspecified atom stereocenters. The zero-order valence-electron chi connectivity index (χ0n) is 10.5. The molecule has 1 nitrogen and oxygen atoms in total. The fourth-order valence-corrected chi connectivity index (χ4v) is 2.90. The quantitative estimate of drug-likeness (QED) is 0.651. The van der Waals surface area contributed by atoms with E-state index in [0.717, 1.165) is 24.0 Å². The second kappa shape index (κ2) is 4.04. The summed E-state index contributed by atoms with van der Waals surface area (Å²) in [6, 6.07) is 0. The smallest absolute Gasteiger partial charge is 0.159 e. The zero-order valence-corrected chi connectivity index (χ0v) is 10.5. The minimum absolute atomic E-state index is 0.331. The van der Waals surface area contributed by atoms with E-state index in [1.165, 1.54) is 17.6 Å². The van der Waals surface area contributed by atoms with Crippen molar-refractivity contribution in [2.45, 2.75) is 40.0 Å². The third-order valence-corrected chi connectivity index (χ3v) is 4.05. The Morgan fingerprint density at radius 1 is 1.50 bits per heavy atom. The van der Waals surface area contributed by atoms with E-state index in [1.54, 1.807) is 0 Å². The first-order valence-electron chi connectivity index (χ1n) is 6.11. The first-order valence-corrected chi connectivity index (χ1v) is 6.11. The lowest BCUT2D eigenvalue weighted by molar-refractivity contribution is -0.117. The molecule has 0 saturated carbocycles. The van der Waals surface area contributed by atoms with E-state index in [1.807, 2.05) is 6.92 Å². The highest BCUT2D eigenvalue weighted by Gasteiger charge is 2.32. The van der Waals surface area contributed by atoms with Crippen molar-refractivity contribution in [2.24, 2.45) is 11.8 Å². The average Bonchev–Trinajstić information content (AvgIpc) is 2.25. The van der Waals surface area contributed by atoms with Crippen LogP contribution in [-0.2, 0) is 4.79 Å². The van der Waals surface area contributed by atoms with Crippen LogP contribution in [0.15, 0.2) is 34.9 Å². The van der Waals surface area contributed by atoms with Crippen molar-refractivity contribution in [3.63, 3.8) is 0 Å². The summed E-state index contributed by atoms with van der Waals surface area (Å²) < 4.78 is 0. The molecule has 0 aromatic rings. The molecule has 16 heavy (non-hydrogen) atoms. The van der Waals surface area contributed by atoms with Crippen LogP contribution in [0.1, 0.15) is 40.0 Å². The van der Waals surface area contributed by atoms with Gasteiger partial charge in [-0.1, -0.05) is 25.2 Å². The Morgan fingerprint density at radius 2 is 2.19 bits per heavy atom. The van der Waals surface area contributed by atoms with Crippen molar-refractivity contribution in [3.8, 4) is 0 Å². The van der Waals surface area contributed by atoms with Crippen molar-refractivity contribution >= 4 is 5.78 Å². The number of hydrogen-bond acceptors (Lipinski definition) is 1. The van der Waals surface area contributed by atoms with E-state index >= 15 is 0 Å². The lowest BCUT2D eigenvalue weighted by Crippen LogP contribution is -2.27. The molecule has 1 heteroatoms. The number of carbonyl (C=O) groups is 1. The van der Waals surface area contributed by atoms with Crippen LogP contribution in [0.5, 0.6) is 0 Å². The molecular weight excluding hydrogens is 196 g/mol. The Kier molecular flexibility index (Phi) is 2.88. The number of hydrogen-bond donors (Lipinski definition) is 0. The summed E-state index contributed by atoms with van der Waals surface area (Å²) in [5, 5.41) is 0. The number of fused-ring (bicyclic) bond motifs is 1. The topological polar surface area (TPSA) is 17.1 Å². The first-order chi connectivity index (χ1) is 7.50. The second-order valence-corrected chi connectivity index (χ2v) is 5.28. The molecule has 2 aliphatic carbocycles. The maximum Gasteiger partial charge on any atom is 0.159 e. The third kappa shape index (κ3) is 1.79. The summed E-state index contributed by atoms with van der Waals surface area (Å²) in [6.45, 7) is 10.2. The van der Waals surface area contributed by atoms with Crippen molar-refractivity contribution in [2.75, 3.05) is 0 Å². The largest absolute Gasteiger partial charge is 0.295 e. The number of Topliss-reactive ketones (excluding diaryl/α,β-unsaturated/α-hetero) is 1. The Hall–Kier alpha value is -1.11. The normalized spacial score (nSPS) is 29.9. The highest BCUT2D eigenvalue weighted by molar-refractivity contribution is 5.97. The van der Waals surface area contributed by atoms with E-state index in [2.05, 4.69) is 26.5 Å². The standard InChI is InChI=1S/C15H20O/c1-9(2)12-5-6-13-10(3)7-15(16)11(4)14(13)8-12/h8,10,13H,1,5-7H2,2-4H3/t10-,13?/m0/s1. The van der Waals surface area contributed by atoms with Gasteiger partial charge in [0.1, 0.15) is 0 Å². The van der Waals surface area contributed by atoms with Gasteiger partial charge in [-0.3, -0.25) is 4.79 Å². The van der Waals surface area contributed by atoms with Gasteiger partial charge in [-0.25, -0.2) is 0 Å². The molecule has 2 atom stereocenters. The van der Waals surface area contributed by atoms with Gasteiger partial charge >= 0.3 is 0 Å². The fraction of sp³-hybridized carbons (Fsp3) is 0.533. The number of carbonyl (C=O) groups excluding carboxylic acids is 1. The van der Waals surface area contributed by atoms with E-state index in [-0.39, 0.29) is 0 Å². The van der Waals surface area contributed by atoms with Gasteiger partial charge in [0.25, 0.3) is 0 Å². The molecule has 86 valence electrons. The molecule has 0 amide bonds. The summed E-state index contributed by atoms with van der Waals surface area (Å²) in [4.78, 5) is 11.8. The van der Waals surface area contributed by atoms with E-state index < -0.39 is 0 Å². The molecule has 0 N–H and O–H groups in total. The van der Waals surface area contributed by atoms with Gasteiger partial charge in [0.05, 0.1) is 0 Å². The summed E-state index contributed by atoms with van der Waals surface area (Å²) >= 11 is 0.